The topological polar surface area (TPSA) is 29.3 Å². The Morgan fingerprint density at radius 3 is 2.57 bits per heavy atom. The molecule has 0 aliphatic carbocycles. The summed E-state index contributed by atoms with van der Waals surface area (Å²) in [5, 5.41) is 3.49. The molecule has 0 saturated heterocycles. The lowest BCUT2D eigenvalue weighted by molar-refractivity contribution is 0.385. The van der Waals surface area contributed by atoms with Crippen LogP contribution in [-0.2, 0) is 0 Å². The molecule has 0 fully saturated rings. The van der Waals surface area contributed by atoms with Crippen LogP contribution in [0.25, 0.3) is 0 Å². The molecule has 0 aromatic carbocycles. The van der Waals surface area contributed by atoms with Gasteiger partial charge in [0.05, 0.1) is 5.00 Å². The maximum absolute atomic E-state index is 5.72. The molecule has 0 unspecified atom stereocenters. The Labute approximate surface area is 90.7 Å². The summed E-state index contributed by atoms with van der Waals surface area (Å²) < 4.78 is 0. The quantitative estimate of drug-likeness (QED) is 0.831. The number of rotatable bonds is 4. The van der Waals surface area contributed by atoms with Crippen molar-refractivity contribution in [1.29, 1.82) is 0 Å². The van der Waals surface area contributed by atoms with Crippen LogP contribution in [0.4, 0.5) is 5.00 Å². The molecule has 0 radical (unpaired) electrons. The smallest absolute Gasteiger partial charge is 0.0935 e. The predicted octanol–water partition coefficient (Wildman–Crippen LogP) is 2.48. The van der Waals surface area contributed by atoms with Crippen LogP contribution >= 0.6 is 11.3 Å². The third kappa shape index (κ3) is 2.72. The molecular weight excluding hydrogens is 192 g/mol. The summed E-state index contributed by atoms with van der Waals surface area (Å²) in [6, 6.07) is 2.16. The molecule has 0 saturated carbocycles. The summed E-state index contributed by atoms with van der Waals surface area (Å²) >= 11 is 1.79. The van der Waals surface area contributed by atoms with Gasteiger partial charge in [0.2, 0.25) is 0 Å². The van der Waals surface area contributed by atoms with E-state index in [1.54, 1.807) is 11.3 Å². The van der Waals surface area contributed by atoms with Crippen molar-refractivity contribution < 1.29 is 0 Å². The molecule has 3 heteroatoms. The standard InChI is InChI=1S/C11H20N2S/c1-9-5-6-14-10(9)13(4)8-11(2,3)7-12/h5-6H,7-8,12H2,1-4H3. The van der Waals surface area contributed by atoms with E-state index >= 15 is 0 Å². The van der Waals surface area contributed by atoms with Crippen LogP contribution in [0.1, 0.15) is 19.4 Å². The van der Waals surface area contributed by atoms with Gasteiger partial charge < -0.3 is 10.6 Å². The monoisotopic (exact) mass is 212 g/mol. The minimum Gasteiger partial charge on any atom is -0.366 e. The molecule has 0 atom stereocenters. The number of aryl methyl sites for hydroxylation is 1. The SMILES string of the molecule is Cc1ccsc1N(C)CC(C)(C)CN. The van der Waals surface area contributed by atoms with Gasteiger partial charge in [0, 0.05) is 13.6 Å². The van der Waals surface area contributed by atoms with Gasteiger partial charge in [-0.25, -0.2) is 0 Å². The van der Waals surface area contributed by atoms with Crippen molar-refractivity contribution in [3.05, 3.63) is 17.0 Å². The highest BCUT2D eigenvalue weighted by Gasteiger charge is 2.19. The summed E-state index contributed by atoms with van der Waals surface area (Å²) in [6.45, 7) is 8.28. The minimum atomic E-state index is 0.186. The van der Waals surface area contributed by atoms with Gasteiger partial charge in [0.15, 0.2) is 0 Å². The molecule has 1 heterocycles. The number of nitrogens with zero attached hydrogens (tertiary/aromatic N) is 1. The molecule has 80 valence electrons. The van der Waals surface area contributed by atoms with Gasteiger partial charge in [0.25, 0.3) is 0 Å². The molecule has 1 aromatic rings. The van der Waals surface area contributed by atoms with Crippen molar-refractivity contribution in [3.8, 4) is 0 Å². The third-order valence-electron chi connectivity index (χ3n) is 2.40. The second-order valence-electron chi connectivity index (χ2n) is 4.63. The summed E-state index contributed by atoms with van der Waals surface area (Å²) in [4.78, 5) is 2.30. The average molecular weight is 212 g/mol. The van der Waals surface area contributed by atoms with Crippen molar-refractivity contribution in [2.45, 2.75) is 20.8 Å². The van der Waals surface area contributed by atoms with Crippen molar-refractivity contribution in [3.63, 3.8) is 0 Å². The summed E-state index contributed by atoms with van der Waals surface area (Å²) in [6.07, 6.45) is 0. The van der Waals surface area contributed by atoms with E-state index in [0.717, 1.165) is 13.1 Å². The molecule has 0 aliphatic heterocycles. The fraction of sp³-hybridized carbons (Fsp3) is 0.636. The van der Waals surface area contributed by atoms with Crippen molar-refractivity contribution >= 4 is 16.3 Å². The highest BCUT2D eigenvalue weighted by molar-refractivity contribution is 7.14. The molecule has 1 aromatic heterocycles. The molecule has 2 nitrogen and oxygen atoms in total. The molecule has 0 aliphatic rings. The molecule has 0 bridgehead atoms. The first-order chi connectivity index (χ1) is 6.46. The van der Waals surface area contributed by atoms with Gasteiger partial charge in [-0.05, 0) is 35.9 Å². The zero-order valence-corrected chi connectivity index (χ0v) is 10.3. The van der Waals surface area contributed by atoms with E-state index in [0.29, 0.717) is 0 Å². The number of anilines is 1. The van der Waals surface area contributed by atoms with Gasteiger partial charge in [-0.15, -0.1) is 11.3 Å². The van der Waals surface area contributed by atoms with Gasteiger partial charge >= 0.3 is 0 Å². The highest BCUT2D eigenvalue weighted by atomic mass is 32.1. The van der Waals surface area contributed by atoms with E-state index in [9.17, 15) is 0 Å². The number of hydrogen-bond donors (Lipinski definition) is 1. The lowest BCUT2D eigenvalue weighted by Gasteiger charge is -2.30. The highest BCUT2D eigenvalue weighted by Crippen LogP contribution is 2.28. The Morgan fingerprint density at radius 1 is 1.50 bits per heavy atom. The number of hydrogen-bond acceptors (Lipinski definition) is 3. The first kappa shape index (κ1) is 11.5. The van der Waals surface area contributed by atoms with Crippen molar-refractivity contribution in [2.75, 3.05) is 25.0 Å². The zero-order chi connectivity index (χ0) is 10.8. The second kappa shape index (κ2) is 4.32. The Morgan fingerprint density at radius 2 is 2.14 bits per heavy atom. The van der Waals surface area contributed by atoms with Crippen molar-refractivity contribution in [2.24, 2.45) is 11.1 Å². The van der Waals surface area contributed by atoms with E-state index < -0.39 is 0 Å². The van der Waals surface area contributed by atoms with Gasteiger partial charge in [-0.1, -0.05) is 13.8 Å². The Bertz CT molecular complexity index is 291. The fourth-order valence-electron chi connectivity index (χ4n) is 1.53. The van der Waals surface area contributed by atoms with Crippen LogP contribution in [0.15, 0.2) is 11.4 Å². The van der Waals surface area contributed by atoms with E-state index in [1.165, 1.54) is 10.6 Å². The first-order valence-electron chi connectivity index (χ1n) is 4.91. The first-order valence-corrected chi connectivity index (χ1v) is 5.79. The molecular formula is C11H20N2S. The summed E-state index contributed by atoms with van der Waals surface area (Å²) in [5.41, 5.74) is 7.26. The molecule has 2 N–H and O–H groups in total. The number of nitrogens with two attached hydrogens (primary N) is 1. The maximum atomic E-state index is 5.72. The Hall–Kier alpha value is -0.540. The van der Waals surface area contributed by atoms with Crippen molar-refractivity contribution in [1.82, 2.24) is 0 Å². The lowest BCUT2D eigenvalue weighted by Crippen LogP contribution is -2.36. The summed E-state index contributed by atoms with van der Waals surface area (Å²) in [5.74, 6) is 0. The largest absolute Gasteiger partial charge is 0.366 e. The maximum Gasteiger partial charge on any atom is 0.0935 e. The van der Waals surface area contributed by atoms with E-state index in [4.69, 9.17) is 5.73 Å². The minimum absolute atomic E-state index is 0.186. The molecule has 14 heavy (non-hydrogen) atoms. The van der Waals surface area contributed by atoms with E-state index in [2.05, 4.69) is 44.2 Å². The second-order valence-corrected chi connectivity index (χ2v) is 5.53. The van der Waals surface area contributed by atoms with Crippen LogP contribution in [0.3, 0.4) is 0 Å². The van der Waals surface area contributed by atoms with Crippen LogP contribution < -0.4 is 10.6 Å². The molecule has 0 spiro atoms. The molecule has 0 amide bonds. The van der Waals surface area contributed by atoms with E-state index in [-0.39, 0.29) is 5.41 Å². The van der Waals surface area contributed by atoms with Crippen LogP contribution in [0.5, 0.6) is 0 Å². The normalized spacial score (nSPS) is 11.8. The van der Waals surface area contributed by atoms with Gasteiger partial charge in [-0.3, -0.25) is 0 Å². The number of thiophene rings is 1. The van der Waals surface area contributed by atoms with Gasteiger partial charge in [-0.2, -0.15) is 0 Å². The molecule has 1 rings (SSSR count). The lowest BCUT2D eigenvalue weighted by atomic mass is 9.93. The van der Waals surface area contributed by atoms with Crippen LogP contribution in [0.2, 0.25) is 0 Å². The Balaban J connectivity index is 2.68. The summed E-state index contributed by atoms with van der Waals surface area (Å²) in [7, 11) is 2.14. The Kier molecular flexibility index (Phi) is 3.56. The predicted molar refractivity (Wildman–Crippen MR) is 65.2 cm³/mol. The van der Waals surface area contributed by atoms with Gasteiger partial charge in [0.1, 0.15) is 0 Å². The fourth-order valence-corrected chi connectivity index (χ4v) is 2.43. The average Bonchev–Trinajstić information content (AvgIpc) is 2.51. The van der Waals surface area contributed by atoms with Crippen LogP contribution in [0, 0.1) is 12.3 Å². The van der Waals surface area contributed by atoms with E-state index in [1.807, 2.05) is 0 Å². The third-order valence-corrected chi connectivity index (χ3v) is 3.53. The van der Waals surface area contributed by atoms with Crippen LogP contribution in [-0.4, -0.2) is 20.1 Å². The zero-order valence-electron chi connectivity index (χ0n) is 9.50.